The molecule has 0 unspecified atom stereocenters. The molecule has 0 aliphatic heterocycles. The van der Waals surface area contributed by atoms with Crippen molar-refractivity contribution in [2.24, 2.45) is 0 Å². The maximum absolute atomic E-state index is 10.9. The zero-order valence-electron chi connectivity index (χ0n) is 11.4. The van der Waals surface area contributed by atoms with E-state index in [0.717, 1.165) is 29.4 Å². The highest BCUT2D eigenvalue weighted by atomic mass is 16.4. The molecule has 4 heteroatoms. The van der Waals surface area contributed by atoms with Crippen molar-refractivity contribution in [2.75, 3.05) is 0 Å². The normalized spacial score (nSPS) is 12.7. The maximum atomic E-state index is 10.9. The Morgan fingerprint density at radius 2 is 2.16 bits per heavy atom. The monoisotopic (exact) mass is 260 g/mol. The van der Waals surface area contributed by atoms with Gasteiger partial charge in [0.05, 0.1) is 0 Å². The first-order valence-electron chi connectivity index (χ1n) is 6.63. The zero-order valence-corrected chi connectivity index (χ0v) is 11.4. The third-order valence-corrected chi connectivity index (χ3v) is 3.43. The van der Waals surface area contributed by atoms with Gasteiger partial charge in [0.2, 0.25) is 0 Å². The minimum atomic E-state index is -0.817. The van der Waals surface area contributed by atoms with Gasteiger partial charge in [-0.2, -0.15) is 0 Å². The summed E-state index contributed by atoms with van der Waals surface area (Å²) in [6, 6.07) is 8.39. The highest BCUT2D eigenvalue weighted by molar-refractivity contribution is 5.85. The molecule has 0 aliphatic rings. The van der Waals surface area contributed by atoms with Gasteiger partial charge in [0, 0.05) is 29.7 Å². The molecule has 0 amide bonds. The lowest BCUT2D eigenvalue weighted by Crippen LogP contribution is -2.24. The van der Waals surface area contributed by atoms with E-state index in [4.69, 9.17) is 5.11 Å². The summed E-state index contributed by atoms with van der Waals surface area (Å²) in [7, 11) is 0. The first-order chi connectivity index (χ1) is 9.11. The minimum absolute atomic E-state index is 0.00381. The fourth-order valence-corrected chi connectivity index (χ4v) is 2.17. The number of carboxylic acids is 1. The number of nitrogens with zero attached hydrogens (tertiary/aromatic N) is 1. The van der Waals surface area contributed by atoms with Crippen LogP contribution < -0.4 is 5.32 Å². The van der Waals surface area contributed by atoms with Crippen LogP contribution in [0.2, 0.25) is 0 Å². The lowest BCUT2D eigenvalue weighted by atomic mass is 10.1. The van der Waals surface area contributed by atoms with Crippen molar-refractivity contribution in [3.8, 4) is 0 Å². The second kappa shape index (κ2) is 5.89. The summed E-state index contributed by atoms with van der Waals surface area (Å²) in [5.74, 6) is -0.817. The van der Waals surface area contributed by atoms with Crippen LogP contribution in [-0.4, -0.2) is 21.7 Å². The molecule has 4 nitrogen and oxygen atoms in total. The summed E-state index contributed by atoms with van der Waals surface area (Å²) in [6.45, 7) is 5.06. The van der Waals surface area contributed by atoms with E-state index in [1.54, 1.807) is 4.57 Å². The van der Waals surface area contributed by atoms with Crippen LogP contribution in [0.25, 0.3) is 10.9 Å². The van der Waals surface area contributed by atoms with E-state index in [2.05, 4.69) is 19.2 Å². The van der Waals surface area contributed by atoms with E-state index in [1.165, 1.54) is 0 Å². The van der Waals surface area contributed by atoms with E-state index in [1.807, 2.05) is 30.5 Å². The largest absolute Gasteiger partial charge is 0.480 e. The lowest BCUT2D eigenvalue weighted by molar-refractivity contribution is -0.137. The quantitative estimate of drug-likeness (QED) is 0.839. The summed E-state index contributed by atoms with van der Waals surface area (Å²) >= 11 is 0. The molecule has 1 aromatic carbocycles. The topological polar surface area (TPSA) is 54.3 Å². The van der Waals surface area contributed by atoms with E-state index in [9.17, 15) is 4.79 Å². The van der Waals surface area contributed by atoms with Crippen LogP contribution in [0.3, 0.4) is 0 Å². The van der Waals surface area contributed by atoms with Crippen LogP contribution in [0.15, 0.2) is 30.5 Å². The average Bonchev–Trinajstić information content (AvgIpc) is 2.74. The van der Waals surface area contributed by atoms with Crippen LogP contribution in [0, 0.1) is 0 Å². The van der Waals surface area contributed by atoms with Crippen LogP contribution in [0.1, 0.15) is 25.8 Å². The number of rotatable bonds is 6. The summed E-state index contributed by atoms with van der Waals surface area (Å²) in [4.78, 5) is 10.9. The van der Waals surface area contributed by atoms with Crippen molar-refractivity contribution in [3.63, 3.8) is 0 Å². The van der Waals surface area contributed by atoms with Crippen LogP contribution in [0.4, 0.5) is 0 Å². The first-order valence-corrected chi connectivity index (χ1v) is 6.63. The molecule has 2 rings (SSSR count). The van der Waals surface area contributed by atoms with Crippen molar-refractivity contribution in [2.45, 2.75) is 39.4 Å². The van der Waals surface area contributed by atoms with E-state index in [-0.39, 0.29) is 6.54 Å². The standard InChI is InChI=1S/C15H20N2O2/c1-3-11(2)16-8-12-9-17(10-15(18)19)14-7-5-4-6-13(12)14/h4-7,9,11,16H,3,8,10H2,1-2H3,(H,18,19)/t11-/m1/s1. The number of hydrogen-bond donors (Lipinski definition) is 2. The fourth-order valence-electron chi connectivity index (χ4n) is 2.17. The van der Waals surface area contributed by atoms with Gasteiger partial charge in [-0.3, -0.25) is 4.79 Å². The average molecular weight is 260 g/mol. The van der Waals surface area contributed by atoms with E-state index >= 15 is 0 Å². The van der Waals surface area contributed by atoms with Gasteiger partial charge < -0.3 is 15.0 Å². The molecule has 1 atom stereocenters. The Morgan fingerprint density at radius 3 is 2.84 bits per heavy atom. The van der Waals surface area contributed by atoms with Gasteiger partial charge in [0.15, 0.2) is 0 Å². The summed E-state index contributed by atoms with van der Waals surface area (Å²) in [6.07, 6.45) is 3.02. The molecule has 0 fully saturated rings. The first kappa shape index (κ1) is 13.6. The molecule has 0 saturated heterocycles. The molecule has 2 N–H and O–H groups in total. The van der Waals surface area contributed by atoms with Crippen molar-refractivity contribution in [1.82, 2.24) is 9.88 Å². The Balaban J connectivity index is 2.30. The number of para-hydroxylation sites is 1. The van der Waals surface area contributed by atoms with Gasteiger partial charge >= 0.3 is 5.97 Å². The van der Waals surface area contributed by atoms with Crippen LogP contribution in [0.5, 0.6) is 0 Å². The van der Waals surface area contributed by atoms with Gasteiger partial charge in [-0.1, -0.05) is 25.1 Å². The Kier molecular flexibility index (Phi) is 4.22. The summed E-state index contributed by atoms with van der Waals surface area (Å²) < 4.78 is 1.80. The van der Waals surface area contributed by atoms with Gasteiger partial charge in [-0.25, -0.2) is 0 Å². The van der Waals surface area contributed by atoms with Crippen molar-refractivity contribution >= 4 is 16.9 Å². The number of benzene rings is 1. The molecule has 0 aliphatic carbocycles. The minimum Gasteiger partial charge on any atom is -0.480 e. The number of aliphatic carboxylic acids is 1. The van der Waals surface area contributed by atoms with E-state index < -0.39 is 5.97 Å². The van der Waals surface area contributed by atoms with Crippen LogP contribution in [-0.2, 0) is 17.9 Å². The second-order valence-corrected chi connectivity index (χ2v) is 4.88. The van der Waals surface area contributed by atoms with Gasteiger partial charge in [0.1, 0.15) is 6.54 Å². The van der Waals surface area contributed by atoms with E-state index in [0.29, 0.717) is 6.04 Å². The van der Waals surface area contributed by atoms with Crippen molar-refractivity contribution < 1.29 is 9.90 Å². The second-order valence-electron chi connectivity index (χ2n) is 4.88. The number of aromatic nitrogens is 1. The molecule has 0 saturated carbocycles. The maximum Gasteiger partial charge on any atom is 0.323 e. The highest BCUT2D eigenvalue weighted by Gasteiger charge is 2.10. The third kappa shape index (κ3) is 3.15. The highest BCUT2D eigenvalue weighted by Crippen LogP contribution is 2.21. The SMILES string of the molecule is CC[C@@H](C)NCc1cn(CC(=O)O)c2ccccc12. The predicted molar refractivity (Wildman–Crippen MR) is 76.2 cm³/mol. The van der Waals surface area contributed by atoms with Crippen molar-refractivity contribution in [3.05, 3.63) is 36.0 Å². The van der Waals surface area contributed by atoms with Gasteiger partial charge in [-0.05, 0) is 25.0 Å². The number of hydrogen-bond acceptors (Lipinski definition) is 2. The van der Waals surface area contributed by atoms with Crippen LogP contribution >= 0.6 is 0 Å². The summed E-state index contributed by atoms with van der Waals surface area (Å²) in [5.41, 5.74) is 2.13. The molecule has 1 aromatic heterocycles. The summed E-state index contributed by atoms with van der Waals surface area (Å²) in [5, 5.41) is 13.5. The molecule has 0 bridgehead atoms. The number of fused-ring (bicyclic) bond motifs is 1. The van der Waals surface area contributed by atoms with Gasteiger partial charge in [-0.15, -0.1) is 0 Å². The molecule has 1 heterocycles. The number of carboxylic acid groups (broad SMARTS) is 1. The molecule has 19 heavy (non-hydrogen) atoms. The molecular weight excluding hydrogens is 240 g/mol. The Bertz CT molecular complexity index is 575. The molecular formula is C15H20N2O2. The number of nitrogens with one attached hydrogen (secondary N) is 1. The Morgan fingerprint density at radius 1 is 1.42 bits per heavy atom. The molecule has 0 spiro atoms. The molecule has 0 radical (unpaired) electrons. The third-order valence-electron chi connectivity index (χ3n) is 3.43. The van der Waals surface area contributed by atoms with Gasteiger partial charge in [0.25, 0.3) is 0 Å². The van der Waals surface area contributed by atoms with Crippen molar-refractivity contribution in [1.29, 1.82) is 0 Å². The molecule has 2 aromatic rings. The lowest BCUT2D eigenvalue weighted by Gasteiger charge is -2.10. The smallest absolute Gasteiger partial charge is 0.323 e. The fraction of sp³-hybridized carbons (Fsp3) is 0.400. The number of carbonyl (C=O) groups is 1. The zero-order chi connectivity index (χ0) is 13.8. The Hall–Kier alpha value is -1.81. The molecule has 102 valence electrons. The Labute approximate surface area is 113 Å². The predicted octanol–water partition coefficient (Wildman–Crippen LogP) is 2.61.